The lowest BCUT2D eigenvalue weighted by Gasteiger charge is -2.20. The minimum Gasteiger partial charge on any atom is -0.486 e. The number of para-hydroxylation sites is 1. The number of aromatic nitrogens is 2. The second-order valence-electron chi connectivity index (χ2n) is 8.32. The molecule has 2 amide bonds. The van der Waals surface area contributed by atoms with Crippen LogP contribution in [-0.4, -0.2) is 34.3 Å². The quantitative estimate of drug-likeness (QED) is 0.530. The van der Waals surface area contributed by atoms with Crippen LogP contribution in [0, 0.1) is 12.8 Å². The average molecular weight is 435 g/mol. The van der Waals surface area contributed by atoms with Gasteiger partial charge in [0.2, 0.25) is 5.91 Å². The smallest absolute Gasteiger partial charge is 0.255 e. The number of imidazole rings is 1. The van der Waals surface area contributed by atoms with Crippen LogP contribution in [0.15, 0.2) is 48.8 Å². The van der Waals surface area contributed by atoms with Gasteiger partial charge in [0, 0.05) is 31.4 Å². The number of fused-ring (bicyclic) bond motifs is 1. The average Bonchev–Trinajstić information content (AvgIpc) is 3.25. The number of aryl methyl sites for hydroxylation is 1. The Kier molecular flexibility index (Phi) is 7.04. The Morgan fingerprint density at radius 3 is 2.66 bits per heavy atom. The zero-order chi connectivity index (χ0) is 22.3. The zero-order valence-electron chi connectivity index (χ0n) is 18.5. The monoisotopic (exact) mass is 434 g/mol. The maximum absolute atomic E-state index is 12.7. The van der Waals surface area contributed by atoms with E-state index in [1.807, 2.05) is 41.9 Å². The molecule has 0 atom stereocenters. The zero-order valence-corrected chi connectivity index (χ0v) is 18.5. The molecule has 32 heavy (non-hydrogen) atoms. The van der Waals surface area contributed by atoms with Crippen molar-refractivity contribution in [2.75, 3.05) is 13.1 Å². The molecule has 0 bridgehead atoms. The summed E-state index contributed by atoms with van der Waals surface area (Å²) in [4.78, 5) is 29.5. The Bertz CT molecular complexity index is 1090. The van der Waals surface area contributed by atoms with E-state index in [-0.39, 0.29) is 24.3 Å². The molecular formula is C25H30N4O3. The maximum atomic E-state index is 12.7. The molecule has 0 aliphatic heterocycles. The molecule has 4 rings (SSSR count). The summed E-state index contributed by atoms with van der Waals surface area (Å²) in [7, 11) is 0. The van der Waals surface area contributed by atoms with E-state index in [9.17, 15) is 9.59 Å². The molecule has 3 aromatic rings. The van der Waals surface area contributed by atoms with Crippen molar-refractivity contribution in [1.29, 1.82) is 0 Å². The van der Waals surface area contributed by atoms with Crippen molar-refractivity contribution in [2.24, 2.45) is 5.92 Å². The highest BCUT2D eigenvalue weighted by Crippen LogP contribution is 2.23. The Hall–Kier alpha value is -3.35. The Morgan fingerprint density at radius 1 is 1.06 bits per heavy atom. The first-order valence-corrected chi connectivity index (χ1v) is 11.3. The van der Waals surface area contributed by atoms with Crippen LogP contribution in [0.25, 0.3) is 5.65 Å². The van der Waals surface area contributed by atoms with Gasteiger partial charge >= 0.3 is 0 Å². The number of hydrogen-bond donors (Lipinski definition) is 2. The molecular weight excluding hydrogens is 404 g/mol. The topological polar surface area (TPSA) is 84.7 Å². The molecule has 2 heterocycles. The predicted octanol–water partition coefficient (Wildman–Crippen LogP) is 3.65. The molecule has 7 heteroatoms. The molecule has 1 aliphatic rings. The van der Waals surface area contributed by atoms with Crippen molar-refractivity contribution >= 4 is 17.5 Å². The number of amides is 2. The minimum atomic E-state index is -0.224. The molecule has 1 aromatic carbocycles. The third-order valence-corrected chi connectivity index (χ3v) is 5.92. The molecule has 7 nitrogen and oxygen atoms in total. The lowest BCUT2D eigenvalue weighted by molar-refractivity contribution is -0.125. The summed E-state index contributed by atoms with van der Waals surface area (Å²) in [6, 6.07) is 11.2. The summed E-state index contributed by atoms with van der Waals surface area (Å²) in [5.41, 5.74) is 3.24. The lowest BCUT2D eigenvalue weighted by Crippen LogP contribution is -2.38. The Balaban J connectivity index is 1.29. The first-order valence-electron chi connectivity index (χ1n) is 11.3. The Labute approximate surface area is 188 Å². The highest BCUT2D eigenvalue weighted by atomic mass is 16.5. The molecule has 2 N–H and O–H groups in total. The number of nitrogens with zero attached hydrogens (tertiary/aromatic N) is 2. The van der Waals surface area contributed by atoms with Crippen LogP contribution in [0.5, 0.6) is 5.75 Å². The van der Waals surface area contributed by atoms with Gasteiger partial charge in [0.1, 0.15) is 18.0 Å². The van der Waals surface area contributed by atoms with Gasteiger partial charge in [-0.25, -0.2) is 4.98 Å². The summed E-state index contributed by atoms with van der Waals surface area (Å²) in [6.07, 6.45) is 9.29. The highest BCUT2D eigenvalue weighted by molar-refractivity contribution is 5.96. The molecule has 1 fully saturated rings. The van der Waals surface area contributed by atoms with Crippen LogP contribution in [-0.2, 0) is 11.4 Å². The first kappa shape index (κ1) is 21.9. The van der Waals surface area contributed by atoms with Gasteiger partial charge in [-0.2, -0.15) is 0 Å². The fourth-order valence-corrected chi connectivity index (χ4v) is 4.17. The van der Waals surface area contributed by atoms with Gasteiger partial charge in [-0.3, -0.25) is 9.59 Å². The van der Waals surface area contributed by atoms with Crippen molar-refractivity contribution in [2.45, 2.75) is 45.6 Å². The largest absolute Gasteiger partial charge is 0.486 e. The van der Waals surface area contributed by atoms with Crippen molar-refractivity contribution in [3.05, 3.63) is 65.6 Å². The molecule has 168 valence electrons. The van der Waals surface area contributed by atoms with Gasteiger partial charge < -0.3 is 19.8 Å². The van der Waals surface area contributed by atoms with Crippen LogP contribution in [0.2, 0.25) is 0 Å². The van der Waals surface area contributed by atoms with Crippen LogP contribution in [0.1, 0.15) is 53.7 Å². The van der Waals surface area contributed by atoms with E-state index < -0.39 is 0 Å². The van der Waals surface area contributed by atoms with Gasteiger partial charge in [-0.05, 0) is 43.5 Å². The molecule has 2 aromatic heterocycles. The standard InChI is InChI=1S/C25H30N4O3/c1-18-8-7-15-29-16-20(28-23(18)29)17-32-22-12-6-5-11-21(22)25(31)27-14-13-26-24(30)19-9-3-2-4-10-19/h5-8,11-12,15-16,19H,2-4,9-10,13-14,17H2,1H3,(H,26,30)(H,27,31). The van der Waals surface area contributed by atoms with Gasteiger partial charge in [-0.15, -0.1) is 0 Å². The SMILES string of the molecule is Cc1cccn2cc(COc3ccccc3C(=O)NCCNC(=O)C3CCCCC3)nc12. The van der Waals surface area contributed by atoms with Crippen LogP contribution in [0.4, 0.5) is 0 Å². The van der Waals surface area contributed by atoms with E-state index in [1.165, 1.54) is 6.42 Å². The van der Waals surface area contributed by atoms with Gasteiger partial charge in [0.15, 0.2) is 0 Å². The third kappa shape index (κ3) is 5.28. The summed E-state index contributed by atoms with van der Waals surface area (Å²) in [6.45, 7) is 3.08. The van der Waals surface area contributed by atoms with E-state index in [1.54, 1.807) is 18.2 Å². The number of carbonyl (C=O) groups is 2. The fourth-order valence-electron chi connectivity index (χ4n) is 4.17. The van der Waals surface area contributed by atoms with Crippen molar-refractivity contribution in [3.63, 3.8) is 0 Å². The predicted molar refractivity (Wildman–Crippen MR) is 123 cm³/mol. The highest BCUT2D eigenvalue weighted by Gasteiger charge is 2.20. The lowest BCUT2D eigenvalue weighted by atomic mass is 9.89. The van der Waals surface area contributed by atoms with Crippen molar-refractivity contribution in [3.8, 4) is 5.75 Å². The number of carbonyl (C=O) groups excluding carboxylic acids is 2. The van der Waals surface area contributed by atoms with Gasteiger partial charge in [-0.1, -0.05) is 37.5 Å². The van der Waals surface area contributed by atoms with Crippen LogP contribution >= 0.6 is 0 Å². The minimum absolute atomic E-state index is 0.102. The summed E-state index contributed by atoms with van der Waals surface area (Å²) in [5.74, 6) is 0.505. The number of rotatable bonds is 8. The van der Waals surface area contributed by atoms with Gasteiger partial charge in [0.05, 0.1) is 11.3 Å². The van der Waals surface area contributed by atoms with E-state index in [4.69, 9.17) is 4.74 Å². The number of nitrogens with one attached hydrogen (secondary N) is 2. The third-order valence-electron chi connectivity index (χ3n) is 5.92. The molecule has 0 spiro atoms. The van der Waals surface area contributed by atoms with Crippen LogP contribution < -0.4 is 15.4 Å². The van der Waals surface area contributed by atoms with E-state index in [2.05, 4.69) is 15.6 Å². The van der Waals surface area contributed by atoms with Crippen molar-refractivity contribution in [1.82, 2.24) is 20.0 Å². The second-order valence-corrected chi connectivity index (χ2v) is 8.32. The number of ether oxygens (including phenoxy) is 1. The van der Waals surface area contributed by atoms with E-state index in [0.717, 1.165) is 42.6 Å². The summed E-state index contributed by atoms with van der Waals surface area (Å²) < 4.78 is 7.90. The second kappa shape index (κ2) is 10.3. The molecule has 0 radical (unpaired) electrons. The Morgan fingerprint density at radius 2 is 1.84 bits per heavy atom. The number of benzene rings is 1. The van der Waals surface area contributed by atoms with Crippen molar-refractivity contribution < 1.29 is 14.3 Å². The molecule has 0 unspecified atom stereocenters. The van der Waals surface area contributed by atoms with E-state index >= 15 is 0 Å². The molecule has 1 saturated carbocycles. The van der Waals surface area contributed by atoms with E-state index in [0.29, 0.717) is 24.4 Å². The molecule has 1 aliphatic carbocycles. The summed E-state index contributed by atoms with van der Waals surface area (Å²) >= 11 is 0. The van der Waals surface area contributed by atoms with Gasteiger partial charge in [0.25, 0.3) is 5.91 Å². The summed E-state index contributed by atoms with van der Waals surface area (Å²) in [5, 5.41) is 5.81. The fraction of sp³-hybridized carbons (Fsp3) is 0.400. The number of hydrogen-bond acceptors (Lipinski definition) is 4. The maximum Gasteiger partial charge on any atom is 0.255 e. The molecule has 0 saturated heterocycles. The normalized spacial score (nSPS) is 14.3. The number of pyridine rings is 1. The van der Waals surface area contributed by atoms with Crippen LogP contribution in [0.3, 0.4) is 0 Å². The first-order chi connectivity index (χ1) is 15.6.